The van der Waals surface area contributed by atoms with Crippen LogP contribution >= 0.6 is 0 Å². The van der Waals surface area contributed by atoms with Crippen LogP contribution in [0.1, 0.15) is 46.5 Å². The number of urea groups is 1. The topological polar surface area (TPSA) is 41.1 Å². The third-order valence-electron chi connectivity index (χ3n) is 2.14. The van der Waals surface area contributed by atoms with E-state index >= 15 is 0 Å². The first-order valence-electron chi connectivity index (χ1n) is 5.24. The molecule has 0 heterocycles. The molecule has 0 aromatic rings. The highest BCUT2D eigenvalue weighted by molar-refractivity contribution is 5.75. The van der Waals surface area contributed by atoms with Gasteiger partial charge in [-0.15, -0.1) is 0 Å². The Morgan fingerprint density at radius 1 is 1.29 bits per heavy atom. The Balaban J connectivity index is 2.30. The second-order valence-corrected chi connectivity index (χ2v) is 4.86. The van der Waals surface area contributed by atoms with Crippen LogP contribution in [-0.2, 0) is 0 Å². The summed E-state index contributed by atoms with van der Waals surface area (Å²) in [6.45, 7) is 5.90. The van der Waals surface area contributed by atoms with Gasteiger partial charge >= 0.3 is 6.03 Å². The second kappa shape index (κ2) is 4.49. The fraction of sp³-hybridized carbons (Fsp3) is 0.727. The van der Waals surface area contributed by atoms with Crippen molar-refractivity contribution < 1.29 is 4.79 Å². The summed E-state index contributed by atoms with van der Waals surface area (Å²) in [5, 5.41) is 5.62. The van der Waals surface area contributed by atoms with E-state index in [9.17, 15) is 4.79 Å². The van der Waals surface area contributed by atoms with Crippen molar-refractivity contribution in [3.8, 4) is 0 Å². The SMILES string of the molecule is CC(C)(C)NC(=O)NC=C1CCCC1. The molecule has 2 amide bonds. The quantitative estimate of drug-likeness (QED) is 0.665. The van der Waals surface area contributed by atoms with Crippen molar-refractivity contribution in [3.63, 3.8) is 0 Å². The number of carbonyl (C=O) groups is 1. The summed E-state index contributed by atoms with van der Waals surface area (Å²) in [6.07, 6.45) is 6.64. The van der Waals surface area contributed by atoms with Crippen LogP contribution in [0, 0.1) is 0 Å². The fourth-order valence-electron chi connectivity index (χ4n) is 1.52. The Morgan fingerprint density at radius 3 is 2.36 bits per heavy atom. The summed E-state index contributed by atoms with van der Waals surface area (Å²) in [6, 6.07) is -0.114. The van der Waals surface area contributed by atoms with E-state index in [-0.39, 0.29) is 11.6 Å². The largest absolute Gasteiger partial charge is 0.333 e. The zero-order valence-electron chi connectivity index (χ0n) is 9.31. The third-order valence-corrected chi connectivity index (χ3v) is 2.14. The van der Waals surface area contributed by atoms with Gasteiger partial charge in [-0.25, -0.2) is 4.79 Å². The van der Waals surface area contributed by atoms with Crippen molar-refractivity contribution in [1.82, 2.24) is 10.6 Å². The zero-order valence-corrected chi connectivity index (χ0v) is 9.31. The number of rotatable bonds is 1. The van der Waals surface area contributed by atoms with Crippen molar-refractivity contribution in [2.75, 3.05) is 0 Å². The lowest BCUT2D eigenvalue weighted by molar-refractivity contribution is 0.235. The number of allylic oxidation sites excluding steroid dienone is 1. The van der Waals surface area contributed by atoms with Crippen molar-refractivity contribution in [3.05, 3.63) is 11.8 Å². The smallest absolute Gasteiger partial charge is 0.319 e. The summed E-state index contributed by atoms with van der Waals surface area (Å²) in [5.74, 6) is 0. The molecule has 1 saturated carbocycles. The molecular weight excluding hydrogens is 176 g/mol. The number of nitrogens with one attached hydrogen (secondary N) is 2. The normalized spacial score (nSPS) is 16.6. The maximum atomic E-state index is 11.3. The third kappa shape index (κ3) is 4.30. The molecule has 1 fully saturated rings. The number of carbonyl (C=O) groups excluding carboxylic acids is 1. The van der Waals surface area contributed by atoms with Crippen LogP contribution in [0.2, 0.25) is 0 Å². The molecule has 3 heteroatoms. The van der Waals surface area contributed by atoms with Gasteiger partial charge in [0.1, 0.15) is 0 Å². The minimum absolute atomic E-state index is 0.114. The van der Waals surface area contributed by atoms with Crippen LogP contribution in [0.5, 0.6) is 0 Å². The van der Waals surface area contributed by atoms with E-state index in [1.807, 2.05) is 27.0 Å². The van der Waals surface area contributed by atoms with Gasteiger partial charge in [0.25, 0.3) is 0 Å². The highest BCUT2D eigenvalue weighted by Crippen LogP contribution is 2.22. The van der Waals surface area contributed by atoms with Gasteiger partial charge in [0.2, 0.25) is 0 Å². The minimum Gasteiger partial charge on any atom is -0.333 e. The summed E-state index contributed by atoms with van der Waals surface area (Å²) in [5.41, 5.74) is 1.19. The number of hydrogen-bond donors (Lipinski definition) is 2. The maximum Gasteiger partial charge on any atom is 0.319 e. The lowest BCUT2D eigenvalue weighted by atomic mass is 10.1. The molecule has 0 unspecified atom stereocenters. The van der Waals surface area contributed by atoms with Crippen LogP contribution in [0.3, 0.4) is 0 Å². The van der Waals surface area contributed by atoms with E-state index in [1.165, 1.54) is 18.4 Å². The summed E-state index contributed by atoms with van der Waals surface area (Å²) < 4.78 is 0. The molecule has 3 nitrogen and oxygen atoms in total. The molecule has 0 bridgehead atoms. The van der Waals surface area contributed by atoms with E-state index in [2.05, 4.69) is 10.6 Å². The molecule has 0 radical (unpaired) electrons. The molecule has 0 atom stereocenters. The molecule has 0 spiro atoms. The van der Waals surface area contributed by atoms with Gasteiger partial charge < -0.3 is 10.6 Å². The van der Waals surface area contributed by atoms with Crippen LogP contribution in [0.15, 0.2) is 11.8 Å². The van der Waals surface area contributed by atoms with Crippen LogP contribution in [0.25, 0.3) is 0 Å². The van der Waals surface area contributed by atoms with Gasteiger partial charge in [0.15, 0.2) is 0 Å². The molecular formula is C11H20N2O. The van der Waals surface area contributed by atoms with E-state index < -0.39 is 0 Å². The number of hydrogen-bond acceptors (Lipinski definition) is 1. The van der Waals surface area contributed by atoms with Gasteiger partial charge in [-0.2, -0.15) is 0 Å². The minimum atomic E-state index is -0.168. The van der Waals surface area contributed by atoms with Crippen molar-refractivity contribution in [1.29, 1.82) is 0 Å². The Labute approximate surface area is 86.0 Å². The lowest BCUT2D eigenvalue weighted by Crippen LogP contribution is -2.44. The molecule has 80 valence electrons. The van der Waals surface area contributed by atoms with E-state index in [4.69, 9.17) is 0 Å². The van der Waals surface area contributed by atoms with E-state index in [0.29, 0.717) is 0 Å². The first-order chi connectivity index (χ1) is 6.47. The van der Waals surface area contributed by atoms with Gasteiger partial charge in [-0.1, -0.05) is 5.57 Å². The molecule has 0 aliphatic heterocycles. The van der Waals surface area contributed by atoms with E-state index in [0.717, 1.165) is 12.8 Å². The highest BCUT2D eigenvalue weighted by Gasteiger charge is 2.13. The zero-order chi connectivity index (χ0) is 10.6. The predicted molar refractivity (Wildman–Crippen MR) is 58.0 cm³/mol. The van der Waals surface area contributed by atoms with Gasteiger partial charge in [-0.05, 0) is 46.5 Å². The lowest BCUT2D eigenvalue weighted by Gasteiger charge is -2.20. The first kappa shape index (κ1) is 11.1. The molecule has 1 aliphatic carbocycles. The Kier molecular flexibility index (Phi) is 3.55. The van der Waals surface area contributed by atoms with Crippen LogP contribution < -0.4 is 10.6 Å². The molecule has 0 saturated heterocycles. The average Bonchev–Trinajstić information content (AvgIpc) is 2.49. The van der Waals surface area contributed by atoms with Crippen LogP contribution in [0.4, 0.5) is 4.79 Å². The first-order valence-corrected chi connectivity index (χ1v) is 5.24. The molecule has 1 aliphatic rings. The molecule has 2 N–H and O–H groups in total. The second-order valence-electron chi connectivity index (χ2n) is 4.86. The maximum absolute atomic E-state index is 11.3. The van der Waals surface area contributed by atoms with E-state index in [1.54, 1.807) is 0 Å². The van der Waals surface area contributed by atoms with Gasteiger partial charge in [-0.3, -0.25) is 0 Å². The van der Waals surface area contributed by atoms with Gasteiger partial charge in [0, 0.05) is 11.7 Å². The summed E-state index contributed by atoms with van der Waals surface area (Å²) in [4.78, 5) is 11.3. The predicted octanol–water partition coefficient (Wildman–Crippen LogP) is 2.54. The standard InChI is InChI=1S/C11H20N2O/c1-11(2,3)13-10(14)12-8-9-6-4-5-7-9/h8H,4-7H2,1-3H3,(H2,12,13,14). The molecule has 1 rings (SSSR count). The Bertz CT molecular complexity index is 230. The monoisotopic (exact) mass is 196 g/mol. The molecule has 14 heavy (non-hydrogen) atoms. The average molecular weight is 196 g/mol. The van der Waals surface area contributed by atoms with Crippen molar-refractivity contribution in [2.45, 2.75) is 52.0 Å². The Hall–Kier alpha value is -0.990. The molecule has 0 aromatic heterocycles. The van der Waals surface area contributed by atoms with Crippen molar-refractivity contribution >= 4 is 6.03 Å². The summed E-state index contributed by atoms with van der Waals surface area (Å²) in [7, 11) is 0. The number of amides is 2. The van der Waals surface area contributed by atoms with Gasteiger partial charge in [0.05, 0.1) is 0 Å². The van der Waals surface area contributed by atoms with Crippen LogP contribution in [-0.4, -0.2) is 11.6 Å². The summed E-state index contributed by atoms with van der Waals surface area (Å²) >= 11 is 0. The van der Waals surface area contributed by atoms with Crippen molar-refractivity contribution in [2.24, 2.45) is 0 Å². The highest BCUT2D eigenvalue weighted by atomic mass is 16.2. The Morgan fingerprint density at radius 2 is 1.86 bits per heavy atom. The fourth-order valence-corrected chi connectivity index (χ4v) is 1.52. The molecule has 0 aromatic carbocycles.